The van der Waals surface area contributed by atoms with Gasteiger partial charge in [-0.05, 0) is 18.1 Å². The molecular weight excluding hydrogens is 150 g/mol. The van der Waals surface area contributed by atoms with Gasteiger partial charge in [-0.3, -0.25) is 0 Å². The lowest BCUT2D eigenvalue weighted by Gasteiger charge is -2.28. The SMILES string of the molecule is C[C@@H]1OCc2ccccc2C1N. The quantitative estimate of drug-likeness (QED) is 0.630. The van der Waals surface area contributed by atoms with Crippen molar-refractivity contribution in [2.24, 2.45) is 5.73 Å². The molecule has 1 aliphatic rings. The summed E-state index contributed by atoms with van der Waals surface area (Å²) >= 11 is 0. The normalized spacial score (nSPS) is 28.2. The van der Waals surface area contributed by atoms with Gasteiger partial charge in [0.15, 0.2) is 0 Å². The van der Waals surface area contributed by atoms with Gasteiger partial charge in [-0.1, -0.05) is 24.3 Å². The van der Waals surface area contributed by atoms with Crippen LogP contribution in [0.15, 0.2) is 24.3 Å². The summed E-state index contributed by atoms with van der Waals surface area (Å²) in [6, 6.07) is 8.23. The Morgan fingerprint density at radius 2 is 2.17 bits per heavy atom. The van der Waals surface area contributed by atoms with Gasteiger partial charge >= 0.3 is 0 Å². The summed E-state index contributed by atoms with van der Waals surface area (Å²) in [5.74, 6) is 0. The van der Waals surface area contributed by atoms with E-state index in [2.05, 4.69) is 12.1 Å². The molecule has 0 bridgehead atoms. The van der Waals surface area contributed by atoms with E-state index in [9.17, 15) is 0 Å². The highest BCUT2D eigenvalue weighted by Gasteiger charge is 2.22. The van der Waals surface area contributed by atoms with Crippen LogP contribution >= 0.6 is 0 Å². The molecule has 0 saturated heterocycles. The van der Waals surface area contributed by atoms with Gasteiger partial charge in [-0.25, -0.2) is 0 Å². The average molecular weight is 163 g/mol. The first-order valence-corrected chi connectivity index (χ1v) is 4.24. The number of hydrogen-bond donors (Lipinski definition) is 1. The zero-order chi connectivity index (χ0) is 8.55. The fourth-order valence-electron chi connectivity index (χ4n) is 1.57. The summed E-state index contributed by atoms with van der Waals surface area (Å²) in [4.78, 5) is 0. The van der Waals surface area contributed by atoms with Crippen molar-refractivity contribution in [1.82, 2.24) is 0 Å². The molecule has 12 heavy (non-hydrogen) atoms. The Morgan fingerprint density at radius 1 is 1.42 bits per heavy atom. The van der Waals surface area contributed by atoms with Gasteiger partial charge in [0.1, 0.15) is 0 Å². The van der Waals surface area contributed by atoms with Crippen LogP contribution in [0.4, 0.5) is 0 Å². The van der Waals surface area contributed by atoms with Gasteiger partial charge in [0.05, 0.1) is 18.8 Å². The van der Waals surface area contributed by atoms with E-state index in [1.165, 1.54) is 11.1 Å². The molecule has 0 aliphatic carbocycles. The molecular formula is C10H13NO. The van der Waals surface area contributed by atoms with Crippen molar-refractivity contribution in [1.29, 1.82) is 0 Å². The molecule has 0 radical (unpaired) electrons. The van der Waals surface area contributed by atoms with Crippen LogP contribution in [0, 0.1) is 0 Å². The largest absolute Gasteiger partial charge is 0.372 e. The molecule has 0 spiro atoms. The van der Waals surface area contributed by atoms with Crippen LogP contribution < -0.4 is 5.73 Å². The second kappa shape index (κ2) is 2.88. The molecule has 2 atom stereocenters. The van der Waals surface area contributed by atoms with E-state index in [1.807, 2.05) is 19.1 Å². The van der Waals surface area contributed by atoms with Gasteiger partial charge in [0, 0.05) is 0 Å². The summed E-state index contributed by atoms with van der Waals surface area (Å²) < 4.78 is 5.49. The second-order valence-electron chi connectivity index (χ2n) is 3.24. The topological polar surface area (TPSA) is 35.2 Å². The first-order valence-electron chi connectivity index (χ1n) is 4.24. The van der Waals surface area contributed by atoms with E-state index < -0.39 is 0 Å². The fraction of sp³-hybridized carbons (Fsp3) is 0.400. The Hall–Kier alpha value is -0.860. The Bertz CT molecular complexity index is 285. The van der Waals surface area contributed by atoms with Crippen molar-refractivity contribution in [3.63, 3.8) is 0 Å². The lowest BCUT2D eigenvalue weighted by atomic mass is 9.95. The van der Waals surface area contributed by atoms with E-state index in [0.717, 1.165) is 0 Å². The molecule has 1 heterocycles. The van der Waals surface area contributed by atoms with Crippen LogP contribution in [0.3, 0.4) is 0 Å². The van der Waals surface area contributed by atoms with Crippen molar-refractivity contribution < 1.29 is 4.74 Å². The van der Waals surface area contributed by atoms with Crippen LogP contribution in [0.5, 0.6) is 0 Å². The Kier molecular flexibility index (Phi) is 1.87. The van der Waals surface area contributed by atoms with E-state index in [1.54, 1.807) is 0 Å². The zero-order valence-electron chi connectivity index (χ0n) is 7.16. The third-order valence-electron chi connectivity index (χ3n) is 2.42. The third-order valence-corrected chi connectivity index (χ3v) is 2.42. The van der Waals surface area contributed by atoms with Crippen molar-refractivity contribution >= 4 is 0 Å². The molecule has 1 aliphatic heterocycles. The van der Waals surface area contributed by atoms with Gasteiger partial charge in [-0.2, -0.15) is 0 Å². The van der Waals surface area contributed by atoms with E-state index in [0.29, 0.717) is 6.61 Å². The minimum atomic E-state index is 0.0370. The van der Waals surface area contributed by atoms with Crippen LogP contribution in [0.25, 0.3) is 0 Å². The predicted octanol–water partition coefficient (Wildman–Crippen LogP) is 1.61. The number of nitrogens with two attached hydrogens (primary N) is 1. The molecule has 2 heteroatoms. The maximum absolute atomic E-state index is 5.96. The lowest BCUT2D eigenvalue weighted by Crippen LogP contribution is -2.31. The number of ether oxygens (including phenoxy) is 1. The molecule has 2 rings (SSSR count). The highest BCUT2D eigenvalue weighted by atomic mass is 16.5. The molecule has 0 aromatic heterocycles. The monoisotopic (exact) mass is 163 g/mol. The summed E-state index contributed by atoms with van der Waals surface area (Å²) in [6.45, 7) is 2.71. The molecule has 1 aromatic carbocycles. The fourth-order valence-corrected chi connectivity index (χ4v) is 1.57. The minimum absolute atomic E-state index is 0.0370. The third kappa shape index (κ3) is 1.13. The lowest BCUT2D eigenvalue weighted by molar-refractivity contribution is 0.0214. The van der Waals surface area contributed by atoms with Gasteiger partial charge in [0.25, 0.3) is 0 Å². The summed E-state index contributed by atoms with van der Waals surface area (Å²) in [6.07, 6.45) is 0.139. The first kappa shape index (κ1) is 7.77. The zero-order valence-corrected chi connectivity index (χ0v) is 7.16. The van der Waals surface area contributed by atoms with Gasteiger partial charge < -0.3 is 10.5 Å². The second-order valence-corrected chi connectivity index (χ2v) is 3.24. The van der Waals surface area contributed by atoms with Crippen molar-refractivity contribution in [2.75, 3.05) is 0 Å². The van der Waals surface area contributed by atoms with Crippen molar-refractivity contribution in [3.05, 3.63) is 35.4 Å². The predicted molar refractivity (Wildman–Crippen MR) is 47.6 cm³/mol. The first-order chi connectivity index (χ1) is 5.79. The molecule has 1 unspecified atom stereocenters. The average Bonchev–Trinajstić information content (AvgIpc) is 2.12. The number of rotatable bonds is 0. The van der Waals surface area contributed by atoms with Crippen molar-refractivity contribution in [3.8, 4) is 0 Å². The van der Waals surface area contributed by atoms with E-state index >= 15 is 0 Å². The van der Waals surface area contributed by atoms with Crippen LogP contribution in [0.2, 0.25) is 0 Å². The van der Waals surface area contributed by atoms with E-state index in [4.69, 9.17) is 10.5 Å². The maximum atomic E-state index is 5.96. The summed E-state index contributed by atoms with van der Waals surface area (Å²) in [5, 5.41) is 0. The number of fused-ring (bicyclic) bond motifs is 1. The van der Waals surface area contributed by atoms with Crippen molar-refractivity contribution in [2.45, 2.75) is 25.7 Å². The molecule has 2 N–H and O–H groups in total. The molecule has 2 nitrogen and oxygen atoms in total. The highest BCUT2D eigenvalue weighted by molar-refractivity contribution is 5.31. The number of hydrogen-bond acceptors (Lipinski definition) is 2. The molecule has 0 saturated carbocycles. The summed E-state index contributed by atoms with van der Waals surface area (Å²) in [7, 11) is 0. The maximum Gasteiger partial charge on any atom is 0.0744 e. The Labute approximate surface area is 72.3 Å². The molecule has 0 amide bonds. The molecule has 1 aromatic rings. The Balaban J connectivity index is 2.42. The standard InChI is InChI=1S/C10H13NO/c1-7-10(11)9-5-3-2-4-8(9)6-12-7/h2-5,7,10H,6,11H2,1H3/t7-,10?/m0/s1. The number of benzene rings is 1. The minimum Gasteiger partial charge on any atom is -0.372 e. The van der Waals surface area contributed by atoms with Gasteiger partial charge in [0.2, 0.25) is 0 Å². The highest BCUT2D eigenvalue weighted by Crippen LogP contribution is 2.26. The molecule has 0 fully saturated rings. The Morgan fingerprint density at radius 3 is 3.00 bits per heavy atom. The van der Waals surface area contributed by atoms with Crippen LogP contribution in [0.1, 0.15) is 24.1 Å². The van der Waals surface area contributed by atoms with Gasteiger partial charge in [-0.15, -0.1) is 0 Å². The van der Waals surface area contributed by atoms with E-state index in [-0.39, 0.29) is 12.1 Å². The molecule has 64 valence electrons. The smallest absolute Gasteiger partial charge is 0.0744 e. The van der Waals surface area contributed by atoms with Crippen LogP contribution in [-0.4, -0.2) is 6.10 Å². The van der Waals surface area contributed by atoms with Crippen LogP contribution in [-0.2, 0) is 11.3 Å². The summed E-state index contributed by atoms with van der Waals surface area (Å²) in [5.41, 5.74) is 8.42.